The molecule has 1 N–H and O–H groups in total. The van der Waals surface area contributed by atoms with Crippen LogP contribution in [-0.4, -0.2) is 34.3 Å². The quantitative estimate of drug-likeness (QED) is 0.728. The first-order valence-corrected chi connectivity index (χ1v) is 5.47. The summed E-state index contributed by atoms with van der Waals surface area (Å²) in [4.78, 5) is 34.2. The molecule has 0 aliphatic carbocycles. The maximum atomic E-state index is 11.7. The van der Waals surface area contributed by atoms with Crippen molar-refractivity contribution in [1.82, 2.24) is 15.1 Å². The fourth-order valence-corrected chi connectivity index (χ4v) is 1.22. The molecule has 7 nitrogen and oxygen atoms in total. The second kappa shape index (κ2) is 5.95. The first kappa shape index (κ1) is 13.9. The Balaban J connectivity index is 2.73. The van der Waals surface area contributed by atoms with Crippen LogP contribution in [0.1, 0.15) is 24.3 Å². The number of carbonyl (C=O) groups is 2. The number of amides is 1. The van der Waals surface area contributed by atoms with Crippen LogP contribution in [0.2, 0.25) is 0 Å². The van der Waals surface area contributed by atoms with Gasteiger partial charge in [0, 0.05) is 13.1 Å². The highest BCUT2D eigenvalue weighted by Crippen LogP contribution is 1.94. The van der Waals surface area contributed by atoms with E-state index in [4.69, 9.17) is 4.74 Å². The van der Waals surface area contributed by atoms with Gasteiger partial charge < -0.3 is 10.1 Å². The molecule has 18 heavy (non-hydrogen) atoms. The number of esters is 1. The van der Waals surface area contributed by atoms with Crippen molar-refractivity contribution in [2.24, 2.45) is 7.05 Å². The van der Waals surface area contributed by atoms with Crippen LogP contribution in [0.4, 0.5) is 0 Å². The molecule has 0 saturated heterocycles. The lowest BCUT2D eigenvalue weighted by Crippen LogP contribution is -2.40. The molecule has 1 atom stereocenters. The van der Waals surface area contributed by atoms with E-state index >= 15 is 0 Å². The van der Waals surface area contributed by atoms with Crippen LogP contribution in [0.3, 0.4) is 0 Å². The average Bonchev–Trinajstić information content (AvgIpc) is 2.32. The molecule has 0 aliphatic heterocycles. The van der Waals surface area contributed by atoms with Crippen LogP contribution in [0.15, 0.2) is 16.9 Å². The molecule has 0 aromatic carbocycles. The monoisotopic (exact) mass is 253 g/mol. The third-order valence-electron chi connectivity index (χ3n) is 2.18. The molecule has 98 valence electrons. The number of ether oxygens (including phenoxy) is 1. The van der Waals surface area contributed by atoms with Gasteiger partial charge in [0.05, 0.1) is 6.61 Å². The number of rotatable bonds is 4. The van der Waals surface area contributed by atoms with E-state index < -0.39 is 17.9 Å². The highest BCUT2D eigenvalue weighted by Gasteiger charge is 2.18. The Morgan fingerprint density at radius 2 is 2.17 bits per heavy atom. The number of carbonyl (C=O) groups excluding carboxylic acids is 2. The SMILES string of the molecule is CCOC(=O)C(C)NC(=O)c1ccc(=O)n(C)n1. The van der Waals surface area contributed by atoms with Crippen molar-refractivity contribution in [3.8, 4) is 0 Å². The Morgan fingerprint density at radius 3 is 2.72 bits per heavy atom. The van der Waals surface area contributed by atoms with E-state index in [0.717, 1.165) is 4.68 Å². The summed E-state index contributed by atoms with van der Waals surface area (Å²) >= 11 is 0. The molecular formula is C11H15N3O4. The molecule has 0 bridgehead atoms. The molecule has 7 heteroatoms. The van der Waals surface area contributed by atoms with Crippen LogP contribution in [0, 0.1) is 0 Å². The Kier molecular flexibility index (Phi) is 4.59. The van der Waals surface area contributed by atoms with Crippen molar-refractivity contribution < 1.29 is 14.3 Å². The summed E-state index contributed by atoms with van der Waals surface area (Å²) in [5.74, 6) is -1.05. The second-order valence-electron chi connectivity index (χ2n) is 3.63. The van der Waals surface area contributed by atoms with Gasteiger partial charge in [0.25, 0.3) is 11.5 Å². The normalized spacial score (nSPS) is 11.7. The Labute approximate surface area is 104 Å². The van der Waals surface area contributed by atoms with Crippen LogP contribution in [0.5, 0.6) is 0 Å². The molecule has 0 spiro atoms. The van der Waals surface area contributed by atoms with Crippen molar-refractivity contribution >= 4 is 11.9 Å². The van der Waals surface area contributed by atoms with Crippen molar-refractivity contribution in [3.63, 3.8) is 0 Å². The lowest BCUT2D eigenvalue weighted by atomic mass is 10.3. The number of nitrogens with zero attached hydrogens (tertiary/aromatic N) is 2. The van der Waals surface area contributed by atoms with Gasteiger partial charge in [-0.1, -0.05) is 0 Å². The predicted molar refractivity (Wildman–Crippen MR) is 63.0 cm³/mol. The molecule has 1 unspecified atom stereocenters. The smallest absolute Gasteiger partial charge is 0.328 e. The third kappa shape index (κ3) is 3.41. The lowest BCUT2D eigenvalue weighted by Gasteiger charge is -2.12. The number of hydrogen-bond donors (Lipinski definition) is 1. The zero-order chi connectivity index (χ0) is 13.7. The van der Waals surface area contributed by atoms with E-state index in [0.29, 0.717) is 0 Å². The summed E-state index contributed by atoms with van der Waals surface area (Å²) in [6.07, 6.45) is 0. The first-order valence-electron chi connectivity index (χ1n) is 5.47. The molecule has 0 radical (unpaired) electrons. The van der Waals surface area contributed by atoms with Gasteiger partial charge in [-0.15, -0.1) is 0 Å². The van der Waals surface area contributed by atoms with Crippen LogP contribution >= 0.6 is 0 Å². The van der Waals surface area contributed by atoms with Gasteiger partial charge in [-0.3, -0.25) is 9.59 Å². The van der Waals surface area contributed by atoms with Crippen LogP contribution in [-0.2, 0) is 16.6 Å². The highest BCUT2D eigenvalue weighted by atomic mass is 16.5. The summed E-state index contributed by atoms with van der Waals surface area (Å²) < 4.78 is 5.80. The molecule has 1 aromatic heterocycles. The summed E-state index contributed by atoms with van der Waals surface area (Å²) in [6.45, 7) is 3.44. The Morgan fingerprint density at radius 1 is 1.50 bits per heavy atom. The molecule has 0 fully saturated rings. The number of nitrogens with one attached hydrogen (secondary N) is 1. The van der Waals surface area contributed by atoms with Gasteiger partial charge >= 0.3 is 5.97 Å². The number of aromatic nitrogens is 2. The zero-order valence-corrected chi connectivity index (χ0v) is 10.5. The van der Waals surface area contributed by atoms with E-state index in [9.17, 15) is 14.4 Å². The minimum absolute atomic E-state index is 0.0632. The van der Waals surface area contributed by atoms with E-state index in [2.05, 4.69) is 10.4 Å². The molecular weight excluding hydrogens is 238 g/mol. The molecule has 1 rings (SSSR count). The van der Waals surface area contributed by atoms with Crippen LogP contribution < -0.4 is 10.9 Å². The largest absolute Gasteiger partial charge is 0.464 e. The first-order chi connectivity index (χ1) is 8.45. The minimum atomic E-state index is -0.767. The van der Waals surface area contributed by atoms with Crippen molar-refractivity contribution in [2.75, 3.05) is 6.61 Å². The lowest BCUT2D eigenvalue weighted by molar-refractivity contribution is -0.144. The van der Waals surface area contributed by atoms with Gasteiger partial charge in [-0.25, -0.2) is 9.48 Å². The van der Waals surface area contributed by atoms with Crippen LogP contribution in [0.25, 0.3) is 0 Å². The summed E-state index contributed by atoms with van der Waals surface area (Å²) in [6, 6.07) is 1.77. The standard InChI is InChI=1S/C11H15N3O4/c1-4-18-11(17)7(2)12-10(16)8-5-6-9(15)14(3)13-8/h5-7H,4H2,1-3H3,(H,12,16). The van der Waals surface area contributed by atoms with E-state index in [1.165, 1.54) is 26.1 Å². The highest BCUT2D eigenvalue weighted by molar-refractivity contribution is 5.94. The maximum Gasteiger partial charge on any atom is 0.328 e. The fraction of sp³-hybridized carbons (Fsp3) is 0.455. The minimum Gasteiger partial charge on any atom is -0.464 e. The zero-order valence-electron chi connectivity index (χ0n) is 10.5. The van der Waals surface area contributed by atoms with E-state index in [-0.39, 0.29) is 17.9 Å². The van der Waals surface area contributed by atoms with Gasteiger partial charge in [0.2, 0.25) is 0 Å². The number of aryl methyl sites for hydroxylation is 1. The van der Waals surface area contributed by atoms with E-state index in [1.807, 2.05) is 0 Å². The summed E-state index contributed by atoms with van der Waals surface area (Å²) in [5, 5.41) is 6.21. The third-order valence-corrected chi connectivity index (χ3v) is 2.18. The van der Waals surface area contributed by atoms with Crippen molar-refractivity contribution in [3.05, 3.63) is 28.2 Å². The second-order valence-corrected chi connectivity index (χ2v) is 3.63. The van der Waals surface area contributed by atoms with Gasteiger partial charge in [-0.2, -0.15) is 5.10 Å². The maximum absolute atomic E-state index is 11.7. The predicted octanol–water partition coefficient (Wildman–Crippen LogP) is -0.538. The van der Waals surface area contributed by atoms with Gasteiger partial charge in [0.15, 0.2) is 0 Å². The van der Waals surface area contributed by atoms with Gasteiger partial charge in [0.1, 0.15) is 11.7 Å². The van der Waals surface area contributed by atoms with Crippen molar-refractivity contribution in [2.45, 2.75) is 19.9 Å². The van der Waals surface area contributed by atoms with Gasteiger partial charge in [-0.05, 0) is 19.9 Å². The summed E-state index contributed by atoms with van der Waals surface area (Å²) in [7, 11) is 1.44. The molecule has 1 amide bonds. The molecule has 1 aromatic rings. The molecule has 1 heterocycles. The molecule has 0 aliphatic rings. The van der Waals surface area contributed by atoms with Crippen molar-refractivity contribution in [1.29, 1.82) is 0 Å². The Bertz CT molecular complexity index is 509. The Hall–Kier alpha value is -2.18. The molecule has 0 saturated carbocycles. The van der Waals surface area contributed by atoms with E-state index in [1.54, 1.807) is 6.92 Å². The number of hydrogen-bond acceptors (Lipinski definition) is 5. The summed E-state index contributed by atoms with van der Waals surface area (Å²) in [5.41, 5.74) is -0.252. The fourth-order valence-electron chi connectivity index (χ4n) is 1.22. The topological polar surface area (TPSA) is 90.3 Å². The average molecular weight is 253 g/mol.